The number of likely N-dealkylation sites (N-methyl/N-ethyl adjacent to an activating group) is 1. The van der Waals surface area contributed by atoms with Gasteiger partial charge < -0.3 is 5.32 Å². The molecule has 0 saturated carbocycles. The van der Waals surface area contributed by atoms with Crippen molar-refractivity contribution < 1.29 is 4.79 Å². The molecule has 0 aliphatic carbocycles. The number of carbonyl (C=O) groups is 1. The molecule has 21 heavy (non-hydrogen) atoms. The maximum absolute atomic E-state index is 12.3. The van der Waals surface area contributed by atoms with Crippen LogP contribution in [0.1, 0.15) is 23.6 Å². The van der Waals surface area contributed by atoms with Crippen LogP contribution < -0.4 is 5.32 Å². The number of nitrogens with zero attached hydrogens (tertiary/aromatic N) is 2. The molecular formula is C17H19N3O. The molecule has 1 aliphatic heterocycles. The molecule has 1 aliphatic rings. The standard InChI is InChI=1S/C17H19N3O/c1-20-11-8-13-4-2-3-5-15(13)16(20)12-17(21)19-14-6-9-18-10-7-14/h2-7,9-10,16H,8,11-12H2,1H3,(H,18,19,21)/t16-/m0/s1. The second kappa shape index (κ2) is 6.06. The highest BCUT2D eigenvalue weighted by molar-refractivity contribution is 5.91. The van der Waals surface area contributed by atoms with Gasteiger partial charge in [0.1, 0.15) is 0 Å². The molecule has 2 heterocycles. The Morgan fingerprint density at radius 1 is 1.29 bits per heavy atom. The van der Waals surface area contributed by atoms with Crippen molar-refractivity contribution in [1.82, 2.24) is 9.88 Å². The zero-order chi connectivity index (χ0) is 14.7. The van der Waals surface area contributed by atoms with Gasteiger partial charge in [-0.05, 0) is 36.7 Å². The fourth-order valence-electron chi connectivity index (χ4n) is 2.87. The second-order valence-corrected chi connectivity index (χ2v) is 5.43. The van der Waals surface area contributed by atoms with Gasteiger partial charge in [0.2, 0.25) is 5.91 Å². The molecule has 0 unspecified atom stereocenters. The Hall–Kier alpha value is -2.20. The highest BCUT2D eigenvalue weighted by Gasteiger charge is 2.26. The van der Waals surface area contributed by atoms with Crippen LogP contribution in [0, 0.1) is 0 Å². The molecule has 4 heteroatoms. The number of benzene rings is 1. The largest absolute Gasteiger partial charge is 0.326 e. The molecule has 1 atom stereocenters. The maximum Gasteiger partial charge on any atom is 0.226 e. The van der Waals surface area contributed by atoms with E-state index in [0.29, 0.717) is 6.42 Å². The van der Waals surface area contributed by atoms with E-state index in [2.05, 4.69) is 40.4 Å². The zero-order valence-corrected chi connectivity index (χ0v) is 12.1. The number of amides is 1. The van der Waals surface area contributed by atoms with Crippen LogP contribution in [0.3, 0.4) is 0 Å². The summed E-state index contributed by atoms with van der Waals surface area (Å²) in [5, 5.41) is 2.93. The van der Waals surface area contributed by atoms with Gasteiger partial charge in [0.15, 0.2) is 0 Å². The van der Waals surface area contributed by atoms with E-state index in [4.69, 9.17) is 0 Å². The van der Waals surface area contributed by atoms with Gasteiger partial charge in [-0.2, -0.15) is 0 Å². The number of anilines is 1. The van der Waals surface area contributed by atoms with E-state index in [1.807, 2.05) is 6.07 Å². The van der Waals surface area contributed by atoms with E-state index < -0.39 is 0 Å². The summed E-state index contributed by atoms with van der Waals surface area (Å²) in [6, 6.07) is 12.2. The average molecular weight is 281 g/mol. The van der Waals surface area contributed by atoms with Crippen LogP contribution in [0.4, 0.5) is 5.69 Å². The first-order chi connectivity index (χ1) is 10.2. The Morgan fingerprint density at radius 2 is 2.05 bits per heavy atom. The van der Waals surface area contributed by atoms with E-state index >= 15 is 0 Å². The molecule has 2 aromatic rings. The van der Waals surface area contributed by atoms with Crippen molar-refractivity contribution in [1.29, 1.82) is 0 Å². The van der Waals surface area contributed by atoms with Gasteiger partial charge in [0.25, 0.3) is 0 Å². The SMILES string of the molecule is CN1CCc2ccccc2[C@@H]1CC(=O)Nc1ccncc1. The van der Waals surface area contributed by atoms with Crippen molar-refractivity contribution >= 4 is 11.6 Å². The monoisotopic (exact) mass is 281 g/mol. The highest BCUT2D eigenvalue weighted by atomic mass is 16.1. The number of aromatic nitrogens is 1. The lowest BCUT2D eigenvalue weighted by Gasteiger charge is -2.34. The van der Waals surface area contributed by atoms with Crippen LogP contribution >= 0.6 is 0 Å². The first kappa shape index (κ1) is 13.8. The predicted octanol–water partition coefficient (Wildman–Crippen LogP) is 2.64. The number of pyridine rings is 1. The Balaban J connectivity index is 1.73. The zero-order valence-electron chi connectivity index (χ0n) is 12.1. The van der Waals surface area contributed by atoms with Crippen LogP contribution in [-0.2, 0) is 11.2 Å². The average Bonchev–Trinajstić information content (AvgIpc) is 2.51. The third kappa shape index (κ3) is 3.11. The van der Waals surface area contributed by atoms with Crippen LogP contribution in [0.15, 0.2) is 48.8 Å². The molecule has 108 valence electrons. The van der Waals surface area contributed by atoms with Crippen LogP contribution in [-0.4, -0.2) is 29.4 Å². The molecule has 1 aromatic heterocycles. The molecule has 0 radical (unpaired) electrons. The van der Waals surface area contributed by atoms with Gasteiger partial charge >= 0.3 is 0 Å². The minimum atomic E-state index is 0.0368. The third-order valence-corrected chi connectivity index (χ3v) is 4.02. The van der Waals surface area contributed by atoms with E-state index in [1.165, 1.54) is 11.1 Å². The molecule has 0 bridgehead atoms. The molecule has 1 aromatic carbocycles. The lowest BCUT2D eigenvalue weighted by molar-refractivity contribution is -0.117. The van der Waals surface area contributed by atoms with E-state index in [1.54, 1.807) is 24.5 Å². The number of carbonyl (C=O) groups excluding carboxylic acids is 1. The second-order valence-electron chi connectivity index (χ2n) is 5.43. The first-order valence-corrected chi connectivity index (χ1v) is 7.22. The predicted molar refractivity (Wildman–Crippen MR) is 83.0 cm³/mol. The smallest absolute Gasteiger partial charge is 0.226 e. The molecule has 1 N–H and O–H groups in total. The van der Waals surface area contributed by atoms with Crippen molar-refractivity contribution in [2.24, 2.45) is 0 Å². The molecule has 0 spiro atoms. The molecular weight excluding hydrogens is 262 g/mol. The quantitative estimate of drug-likeness (QED) is 0.940. The van der Waals surface area contributed by atoms with Crippen LogP contribution in [0.25, 0.3) is 0 Å². The molecule has 4 nitrogen and oxygen atoms in total. The van der Waals surface area contributed by atoms with Gasteiger partial charge in [-0.3, -0.25) is 14.7 Å². The number of fused-ring (bicyclic) bond motifs is 1. The number of hydrogen-bond donors (Lipinski definition) is 1. The summed E-state index contributed by atoms with van der Waals surface area (Å²) in [5.74, 6) is 0.0368. The number of hydrogen-bond acceptors (Lipinski definition) is 3. The summed E-state index contributed by atoms with van der Waals surface area (Å²) in [6.07, 6.45) is 4.88. The lowest BCUT2D eigenvalue weighted by atomic mass is 9.91. The summed E-state index contributed by atoms with van der Waals surface area (Å²) in [5.41, 5.74) is 3.43. The van der Waals surface area contributed by atoms with Crippen molar-refractivity contribution in [3.8, 4) is 0 Å². The summed E-state index contributed by atoms with van der Waals surface area (Å²) < 4.78 is 0. The Bertz CT molecular complexity index is 627. The van der Waals surface area contributed by atoms with E-state index in [9.17, 15) is 4.79 Å². The van der Waals surface area contributed by atoms with Crippen molar-refractivity contribution in [2.45, 2.75) is 18.9 Å². The van der Waals surface area contributed by atoms with Crippen molar-refractivity contribution in [3.63, 3.8) is 0 Å². The Kier molecular flexibility index (Phi) is 3.97. The summed E-state index contributed by atoms with van der Waals surface area (Å²) in [7, 11) is 2.08. The highest BCUT2D eigenvalue weighted by Crippen LogP contribution is 2.31. The van der Waals surface area contributed by atoms with Gasteiger partial charge in [-0.1, -0.05) is 24.3 Å². The van der Waals surface area contributed by atoms with E-state index in [0.717, 1.165) is 18.7 Å². The van der Waals surface area contributed by atoms with Crippen LogP contribution in [0.5, 0.6) is 0 Å². The fourth-order valence-corrected chi connectivity index (χ4v) is 2.87. The first-order valence-electron chi connectivity index (χ1n) is 7.22. The maximum atomic E-state index is 12.3. The molecule has 0 saturated heterocycles. The lowest BCUT2D eigenvalue weighted by Crippen LogP contribution is -2.34. The molecule has 3 rings (SSSR count). The Morgan fingerprint density at radius 3 is 2.86 bits per heavy atom. The molecule has 1 amide bonds. The van der Waals surface area contributed by atoms with Gasteiger partial charge in [0, 0.05) is 37.1 Å². The summed E-state index contributed by atoms with van der Waals surface area (Å²) in [4.78, 5) is 18.5. The van der Waals surface area contributed by atoms with E-state index in [-0.39, 0.29) is 11.9 Å². The minimum Gasteiger partial charge on any atom is -0.326 e. The minimum absolute atomic E-state index is 0.0368. The van der Waals surface area contributed by atoms with Crippen LogP contribution in [0.2, 0.25) is 0 Å². The number of rotatable bonds is 3. The van der Waals surface area contributed by atoms with Gasteiger partial charge in [-0.15, -0.1) is 0 Å². The van der Waals surface area contributed by atoms with Crippen molar-refractivity contribution in [3.05, 3.63) is 59.9 Å². The summed E-state index contributed by atoms with van der Waals surface area (Å²) in [6.45, 7) is 0.990. The van der Waals surface area contributed by atoms with Gasteiger partial charge in [-0.25, -0.2) is 0 Å². The number of nitrogens with one attached hydrogen (secondary N) is 1. The van der Waals surface area contributed by atoms with Gasteiger partial charge in [0.05, 0.1) is 0 Å². The third-order valence-electron chi connectivity index (χ3n) is 4.02. The normalized spacial score (nSPS) is 18.0. The van der Waals surface area contributed by atoms with Crippen molar-refractivity contribution in [2.75, 3.05) is 18.9 Å². The fraction of sp³-hybridized carbons (Fsp3) is 0.294. The Labute approximate surface area is 124 Å². The summed E-state index contributed by atoms with van der Waals surface area (Å²) >= 11 is 0. The molecule has 0 fully saturated rings. The topological polar surface area (TPSA) is 45.2 Å².